The summed E-state index contributed by atoms with van der Waals surface area (Å²) in [6.07, 6.45) is 6.25. The Hall–Kier alpha value is -1.36. The molecule has 0 atom stereocenters. The highest BCUT2D eigenvalue weighted by Crippen LogP contribution is 2.12. The molecule has 0 saturated heterocycles. The van der Waals surface area contributed by atoms with E-state index in [1.807, 2.05) is 10.9 Å². The van der Waals surface area contributed by atoms with Crippen molar-refractivity contribution in [2.24, 2.45) is 5.73 Å². The summed E-state index contributed by atoms with van der Waals surface area (Å²) >= 11 is 0. The Morgan fingerprint density at radius 1 is 1.44 bits per heavy atom. The SMILES string of the molecule is CC(C)(C)n1cc(CNCCCCC(N)=O)cn1. The number of unbranched alkanes of at least 4 members (excludes halogenated alkanes) is 1. The van der Waals surface area contributed by atoms with Crippen LogP contribution in [0.3, 0.4) is 0 Å². The Bertz CT molecular complexity index is 379. The van der Waals surface area contributed by atoms with E-state index in [9.17, 15) is 4.79 Å². The summed E-state index contributed by atoms with van der Waals surface area (Å²) in [7, 11) is 0. The number of carbonyl (C=O) groups is 1. The molecule has 1 rings (SSSR count). The molecule has 3 N–H and O–H groups in total. The average Bonchev–Trinajstić information content (AvgIpc) is 2.71. The second-order valence-corrected chi connectivity index (χ2v) is 5.56. The second kappa shape index (κ2) is 6.54. The van der Waals surface area contributed by atoms with Gasteiger partial charge in [-0.25, -0.2) is 0 Å². The number of amides is 1. The van der Waals surface area contributed by atoms with Crippen LogP contribution in [0, 0.1) is 0 Å². The molecule has 1 heterocycles. The summed E-state index contributed by atoms with van der Waals surface area (Å²) < 4.78 is 1.97. The predicted octanol–water partition coefficient (Wildman–Crippen LogP) is 1.38. The van der Waals surface area contributed by atoms with Crippen LogP contribution < -0.4 is 11.1 Å². The lowest BCUT2D eigenvalue weighted by Gasteiger charge is -2.18. The summed E-state index contributed by atoms with van der Waals surface area (Å²) in [6, 6.07) is 0. The first kappa shape index (κ1) is 14.7. The van der Waals surface area contributed by atoms with E-state index in [0.717, 1.165) is 25.9 Å². The molecule has 5 nitrogen and oxygen atoms in total. The fourth-order valence-electron chi connectivity index (χ4n) is 1.60. The quantitative estimate of drug-likeness (QED) is 0.720. The zero-order chi connectivity index (χ0) is 13.6. The van der Waals surface area contributed by atoms with E-state index >= 15 is 0 Å². The Morgan fingerprint density at radius 3 is 2.72 bits per heavy atom. The van der Waals surface area contributed by atoms with Gasteiger partial charge in [-0.1, -0.05) is 0 Å². The molecule has 0 aliphatic heterocycles. The number of hydrogen-bond acceptors (Lipinski definition) is 3. The average molecular weight is 252 g/mol. The van der Waals surface area contributed by atoms with Gasteiger partial charge in [0.05, 0.1) is 11.7 Å². The van der Waals surface area contributed by atoms with Gasteiger partial charge in [-0.15, -0.1) is 0 Å². The molecule has 0 saturated carbocycles. The molecule has 0 spiro atoms. The Labute approximate surface area is 109 Å². The van der Waals surface area contributed by atoms with Gasteiger partial charge in [0.2, 0.25) is 5.91 Å². The molecule has 0 fully saturated rings. The fraction of sp³-hybridized carbons (Fsp3) is 0.692. The van der Waals surface area contributed by atoms with E-state index in [1.54, 1.807) is 0 Å². The molecule has 0 bridgehead atoms. The maximum absolute atomic E-state index is 10.5. The molecule has 1 amide bonds. The highest BCUT2D eigenvalue weighted by molar-refractivity contribution is 5.73. The van der Waals surface area contributed by atoms with Gasteiger partial charge in [-0.3, -0.25) is 9.48 Å². The summed E-state index contributed by atoms with van der Waals surface area (Å²) in [6.45, 7) is 8.09. The number of primary amides is 1. The van der Waals surface area contributed by atoms with Crippen molar-refractivity contribution in [3.8, 4) is 0 Å². The van der Waals surface area contributed by atoms with Crippen molar-refractivity contribution in [1.82, 2.24) is 15.1 Å². The van der Waals surface area contributed by atoms with Crippen LogP contribution in [0.5, 0.6) is 0 Å². The Balaban J connectivity index is 2.20. The molecule has 0 aliphatic rings. The lowest BCUT2D eigenvalue weighted by Crippen LogP contribution is -2.22. The van der Waals surface area contributed by atoms with Gasteiger partial charge in [0.25, 0.3) is 0 Å². The van der Waals surface area contributed by atoms with Gasteiger partial charge in [0.15, 0.2) is 0 Å². The van der Waals surface area contributed by atoms with Crippen molar-refractivity contribution in [3.05, 3.63) is 18.0 Å². The minimum absolute atomic E-state index is 0.0275. The maximum Gasteiger partial charge on any atom is 0.217 e. The number of hydrogen-bond donors (Lipinski definition) is 2. The monoisotopic (exact) mass is 252 g/mol. The summed E-state index contributed by atoms with van der Waals surface area (Å²) in [5.74, 6) is -0.221. The van der Waals surface area contributed by atoms with Gasteiger partial charge in [-0.05, 0) is 40.2 Å². The number of carbonyl (C=O) groups excluding carboxylic acids is 1. The largest absolute Gasteiger partial charge is 0.370 e. The second-order valence-electron chi connectivity index (χ2n) is 5.56. The summed E-state index contributed by atoms with van der Waals surface area (Å²) in [5, 5.41) is 7.68. The van der Waals surface area contributed by atoms with E-state index in [-0.39, 0.29) is 11.4 Å². The van der Waals surface area contributed by atoms with E-state index in [4.69, 9.17) is 5.73 Å². The number of nitrogens with one attached hydrogen (secondary N) is 1. The van der Waals surface area contributed by atoms with Crippen molar-refractivity contribution in [2.45, 2.75) is 52.1 Å². The maximum atomic E-state index is 10.5. The molecule has 0 aromatic carbocycles. The first-order valence-electron chi connectivity index (χ1n) is 6.42. The van der Waals surface area contributed by atoms with Crippen molar-refractivity contribution in [1.29, 1.82) is 0 Å². The van der Waals surface area contributed by atoms with Crippen LogP contribution in [-0.2, 0) is 16.9 Å². The topological polar surface area (TPSA) is 72.9 Å². The van der Waals surface area contributed by atoms with Crippen LogP contribution in [0.25, 0.3) is 0 Å². The Morgan fingerprint density at radius 2 is 2.17 bits per heavy atom. The van der Waals surface area contributed by atoms with Crippen molar-refractivity contribution in [3.63, 3.8) is 0 Å². The first-order valence-corrected chi connectivity index (χ1v) is 6.42. The third kappa shape index (κ3) is 5.31. The van der Waals surface area contributed by atoms with Crippen LogP contribution >= 0.6 is 0 Å². The number of rotatable bonds is 7. The minimum Gasteiger partial charge on any atom is -0.370 e. The number of aromatic nitrogens is 2. The third-order valence-electron chi connectivity index (χ3n) is 2.68. The molecule has 1 aromatic heterocycles. The lowest BCUT2D eigenvalue weighted by atomic mass is 10.1. The molecule has 0 radical (unpaired) electrons. The zero-order valence-corrected chi connectivity index (χ0v) is 11.6. The molecule has 5 heteroatoms. The van der Waals surface area contributed by atoms with Gasteiger partial charge in [-0.2, -0.15) is 5.10 Å². The van der Waals surface area contributed by atoms with Crippen molar-refractivity contribution >= 4 is 5.91 Å². The molecular weight excluding hydrogens is 228 g/mol. The summed E-state index contributed by atoms with van der Waals surface area (Å²) in [5.41, 5.74) is 6.28. The molecular formula is C13H24N4O. The van der Waals surface area contributed by atoms with Crippen LogP contribution in [0.15, 0.2) is 12.4 Å². The fourth-order valence-corrected chi connectivity index (χ4v) is 1.60. The van der Waals surface area contributed by atoms with Crippen molar-refractivity contribution < 1.29 is 4.79 Å². The zero-order valence-electron chi connectivity index (χ0n) is 11.6. The number of nitrogens with two attached hydrogens (primary N) is 1. The highest BCUT2D eigenvalue weighted by atomic mass is 16.1. The summed E-state index contributed by atoms with van der Waals surface area (Å²) in [4.78, 5) is 10.5. The van der Waals surface area contributed by atoms with Crippen LogP contribution in [-0.4, -0.2) is 22.2 Å². The van der Waals surface area contributed by atoms with Crippen LogP contribution in [0.2, 0.25) is 0 Å². The molecule has 18 heavy (non-hydrogen) atoms. The Kier molecular flexibility index (Phi) is 5.34. The standard InChI is InChI=1S/C13H24N4O/c1-13(2,3)17-10-11(9-16-17)8-15-7-5-4-6-12(14)18/h9-10,15H,4-8H2,1-3H3,(H2,14,18). The smallest absolute Gasteiger partial charge is 0.217 e. The van der Waals surface area contributed by atoms with Gasteiger partial charge < -0.3 is 11.1 Å². The van der Waals surface area contributed by atoms with E-state index in [2.05, 4.69) is 37.4 Å². The third-order valence-corrected chi connectivity index (χ3v) is 2.68. The van der Waals surface area contributed by atoms with E-state index in [0.29, 0.717) is 6.42 Å². The van der Waals surface area contributed by atoms with Crippen molar-refractivity contribution in [2.75, 3.05) is 6.54 Å². The van der Waals surface area contributed by atoms with E-state index < -0.39 is 0 Å². The van der Waals surface area contributed by atoms with Gasteiger partial charge in [0, 0.05) is 24.7 Å². The van der Waals surface area contributed by atoms with Crippen LogP contribution in [0.4, 0.5) is 0 Å². The molecule has 102 valence electrons. The van der Waals surface area contributed by atoms with Gasteiger partial charge in [0.1, 0.15) is 0 Å². The van der Waals surface area contributed by atoms with Crippen LogP contribution in [0.1, 0.15) is 45.6 Å². The van der Waals surface area contributed by atoms with E-state index in [1.165, 1.54) is 5.56 Å². The minimum atomic E-state index is -0.221. The van der Waals surface area contributed by atoms with Gasteiger partial charge >= 0.3 is 0 Å². The molecule has 0 unspecified atom stereocenters. The normalized spacial score (nSPS) is 11.7. The predicted molar refractivity (Wildman–Crippen MR) is 72.0 cm³/mol. The molecule has 0 aliphatic carbocycles. The highest BCUT2D eigenvalue weighted by Gasteiger charge is 2.13. The molecule has 1 aromatic rings. The lowest BCUT2D eigenvalue weighted by molar-refractivity contribution is -0.118. The number of nitrogens with zero attached hydrogens (tertiary/aromatic N) is 2. The first-order chi connectivity index (χ1) is 8.39.